The van der Waals surface area contributed by atoms with Gasteiger partial charge in [-0.15, -0.1) is 11.3 Å². The molecule has 0 aliphatic heterocycles. The van der Waals surface area contributed by atoms with Crippen LogP contribution in [0.2, 0.25) is 0 Å². The number of hydrogen-bond donors (Lipinski definition) is 0. The van der Waals surface area contributed by atoms with Gasteiger partial charge in [0.25, 0.3) is 0 Å². The van der Waals surface area contributed by atoms with E-state index < -0.39 is 0 Å². The fourth-order valence-electron chi connectivity index (χ4n) is 3.29. The van der Waals surface area contributed by atoms with Gasteiger partial charge in [0.15, 0.2) is 0 Å². The molecule has 0 saturated heterocycles. The monoisotopic (exact) mass is 337 g/mol. The number of hydrogen-bond acceptors (Lipinski definition) is 2. The zero-order chi connectivity index (χ0) is 16.8. The van der Waals surface area contributed by atoms with E-state index in [-0.39, 0.29) is 0 Å². The molecule has 134 valence electrons. The van der Waals surface area contributed by atoms with Crippen molar-refractivity contribution in [1.29, 1.82) is 0 Å². The van der Waals surface area contributed by atoms with Crippen LogP contribution in [0.1, 0.15) is 112 Å². The molecule has 0 aliphatic rings. The van der Waals surface area contributed by atoms with Gasteiger partial charge in [0, 0.05) is 4.88 Å². The molecular formula is C21H39NS. The molecule has 0 aliphatic carbocycles. The summed E-state index contributed by atoms with van der Waals surface area (Å²) in [6.45, 7) is 6.62. The SMILES string of the molecule is CCCCCCCCCCCCCCCCc1nc(C)sc1C. The molecule has 0 atom stereocenters. The quantitative estimate of drug-likeness (QED) is 0.298. The van der Waals surface area contributed by atoms with Crippen molar-refractivity contribution in [3.63, 3.8) is 0 Å². The Morgan fingerprint density at radius 1 is 0.652 bits per heavy atom. The van der Waals surface area contributed by atoms with Gasteiger partial charge in [-0.05, 0) is 26.7 Å². The Kier molecular flexibility index (Phi) is 12.6. The normalized spacial score (nSPS) is 11.3. The van der Waals surface area contributed by atoms with E-state index in [0.717, 1.165) is 0 Å². The van der Waals surface area contributed by atoms with Gasteiger partial charge < -0.3 is 0 Å². The number of rotatable bonds is 15. The van der Waals surface area contributed by atoms with Crippen LogP contribution in [-0.2, 0) is 6.42 Å². The largest absolute Gasteiger partial charge is 0.246 e. The lowest BCUT2D eigenvalue weighted by molar-refractivity contribution is 0.535. The van der Waals surface area contributed by atoms with Crippen LogP contribution in [0, 0.1) is 13.8 Å². The third-order valence-electron chi connectivity index (χ3n) is 4.77. The van der Waals surface area contributed by atoms with E-state index in [9.17, 15) is 0 Å². The Morgan fingerprint density at radius 2 is 1.09 bits per heavy atom. The highest BCUT2D eigenvalue weighted by Gasteiger charge is 2.03. The van der Waals surface area contributed by atoms with Gasteiger partial charge in [0.05, 0.1) is 10.7 Å². The third-order valence-corrected chi connectivity index (χ3v) is 5.70. The lowest BCUT2D eigenvalue weighted by Crippen LogP contribution is -1.89. The first kappa shape index (κ1) is 20.7. The van der Waals surface area contributed by atoms with E-state index in [0.29, 0.717) is 0 Å². The van der Waals surface area contributed by atoms with Gasteiger partial charge in [0.2, 0.25) is 0 Å². The lowest BCUT2D eigenvalue weighted by atomic mass is 10.0. The van der Waals surface area contributed by atoms with Crippen molar-refractivity contribution in [3.8, 4) is 0 Å². The fourth-order valence-corrected chi connectivity index (χ4v) is 4.16. The van der Waals surface area contributed by atoms with Crippen molar-refractivity contribution in [1.82, 2.24) is 4.98 Å². The zero-order valence-electron chi connectivity index (χ0n) is 16.0. The Morgan fingerprint density at radius 3 is 1.48 bits per heavy atom. The van der Waals surface area contributed by atoms with Crippen molar-refractivity contribution < 1.29 is 0 Å². The molecule has 1 aromatic rings. The number of aryl methyl sites for hydroxylation is 3. The Hall–Kier alpha value is -0.370. The highest BCUT2D eigenvalue weighted by molar-refractivity contribution is 7.11. The average Bonchev–Trinajstić information content (AvgIpc) is 2.85. The molecule has 0 aromatic carbocycles. The van der Waals surface area contributed by atoms with Crippen LogP contribution in [0.3, 0.4) is 0 Å². The molecule has 0 radical (unpaired) electrons. The van der Waals surface area contributed by atoms with Gasteiger partial charge in [-0.25, -0.2) is 4.98 Å². The van der Waals surface area contributed by atoms with Crippen molar-refractivity contribution >= 4 is 11.3 Å². The van der Waals surface area contributed by atoms with Gasteiger partial charge in [0.1, 0.15) is 0 Å². The number of unbranched alkanes of at least 4 members (excludes halogenated alkanes) is 13. The van der Waals surface area contributed by atoms with Crippen molar-refractivity contribution in [2.45, 2.75) is 117 Å². The zero-order valence-corrected chi connectivity index (χ0v) is 16.8. The number of thiazole rings is 1. The number of aromatic nitrogens is 1. The minimum Gasteiger partial charge on any atom is -0.246 e. The Balaban J connectivity index is 1.79. The van der Waals surface area contributed by atoms with E-state index in [4.69, 9.17) is 0 Å². The van der Waals surface area contributed by atoms with Crippen molar-refractivity contribution in [2.24, 2.45) is 0 Å². The van der Waals surface area contributed by atoms with Crippen LogP contribution in [0.5, 0.6) is 0 Å². The summed E-state index contributed by atoms with van der Waals surface area (Å²) < 4.78 is 0. The minimum absolute atomic E-state index is 1.19. The lowest BCUT2D eigenvalue weighted by Gasteiger charge is -2.03. The molecule has 1 nitrogen and oxygen atoms in total. The maximum Gasteiger partial charge on any atom is 0.0900 e. The van der Waals surface area contributed by atoms with Crippen LogP contribution in [0.25, 0.3) is 0 Å². The maximum absolute atomic E-state index is 4.63. The van der Waals surface area contributed by atoms with Crippen LogP contribution in [0.4, 0.5) is 0 Å². The van der Waals surface area contributed by atoms with Crippen molar-refractivity contribution in [2.75, 3.05) is 0 Å². The predicted octanol–water partition coefficient (Wildman–Crippen LogP) is 7.78. The second kappa shape index (κ2) is 14.0. The molecule has 0 fully saturated rings. The molecule has 23 heavy (non-hydrogen) atoms. The summed E-state index contributed by atoms with van der Waals surface area (Å²) in [6.07, 6.45) is 21.2. The van der Waals surface area contributed by atoms with Gasteiger partial charge in [-0.2, -0.15) is 0 Å². The molecule has 1 heterocycles. The summed E-state index contributed by atoms with van der Waals surface area (Å²) >= 11 is 1.84. The Bertz CT molecular complexity index is 383. The molecule has 0 amide bonds. The highest BCUT2D eigenvalue weighted by atomic mass is 32.1. The predicted molar refractivity (Wildman–Crippen MR) is 106 cm³/mol. The van der Waals surface area contributed by atoms with E-state index in [1.165, 1.54) is 112 Å². The average molecular weight is 338 g/mol. The van der Waals surface area contributed by atoms with E-state index in [2.05, 4.69) is 25.8 Å². The maximum atomic E-state index is 4.63. The van der Waals surface area contributed by atoms with Gasteiger partial charge in [-0.1, -0.05) is 90.4 Å². The summed E-state index contributed by atoms with van der Waals surface area (Å²) in [5.74, 6) is 0. The smallest absolute Gasteiger partial charge is 0.0900 e. The first-order valence-electron chi connectivity index (χ1n) is 10.2. The second-order valence-corrected chi connectivity index (χ2v) is 8.49. The van der Waals surface area contributed by atoms with Crippen LogP contribution >= 0.6 is 11.3 Å². The summed E-state index contributed by atoms with van der Waals surface area (Å²) in [5, 5.41) is 1.22. The van der Waals surface area contributed by atoms with Crippen LogP contribution < -0.4 is 0 Å². The summed E-state index contributed by atoms with van der Waals surface area (Å²) in [5.41, 5.74) is 1.35. The van der Waals surface area contributed by atoms with Gasteiger partial charge >= 0.3 is 0 Å². The summed E-state index contributed by atoms with van der Waals surface area (Å²) in [4.78, 5) is 6.06. The molecule has 1 rings (SSSR count). The molecule has 2 heteroatoms. The molecule has 0 bridgehead atoms. The van der Waals surface area contributed by atoms with E-state index in [1.54, 1.807) is 0 Å². The number of nitrogens with zero attached hydrogens (tertiary/aromatic N) is 1. The van der Waals surface area contributed by atoms with Crippen LogP contribution in [0.15, 0.2) is 0 Å². The highest BCUT2D eigenvalue weighted by Crippen LogP contribution is 2.19. The van der Waals surface area contributed by atoms with E-state index in [1.807, 2.05) is 11.3 Å². The molecular weight excluding hydrogens is 298 g/mol. The molecule has 0 unspecified atom stereocenters. The second-order valence-electron chi connectivity index (χ2n) is 7.08. The molecule has 0 saturated carbocycles. The molecule has 1 aromatic heterocycles. The summed E-state index contributed by atoms with van der Waals surface area (Å²) in [6, 6.07) is 0. The standard InChI is InChI=1S/C21H39NS/c1-4-5-6-7-8-9-10-11-12-13-14-15-16-17-18-21-19(2)23-20(3)22-21/h4-18H2,1-3H3. The first-order valence-corrected chi connectivity index (χ1v) is 11.0. The summed E-state index contributed by atoms with van der Waals surface area (Å²) in [7, 11) is 0. The fraction of sp³-hybridized carbons (Fsp3) is 0.857. The third kappa shape index (κ3) is 10.9. The first-order chi connectivity index (χ1) is 11.2. The van der Waals surface area contributed by atoms with Crippen molar-refractivity contribution in [3.05, 3.63) is 15.6 Å². The molecule has 0 spiro atoms. The molecule has 0 N–H and O–H groups in total. The van der Waals surface area contributed by atoms with Gasteiger partial charge in [-0.3, -0.25) is 0 Å². The van der Waals surface area contributed by atoms with E-state index >= 15 is 0 Å². The van der Waals surface area contributed by atoms with Crippen LogP contribution in [-0.4, -0.2) is 4.98 Å². The minimum atomic E-state index is 1.19. The topological polar surface area (TPSA) is 12.9 Å². The Labute approximate surface area is 149 Å².